The smallest absolute Gasteiger partial charge is 0.307 e. The SMILES string of the molecule is CCOc1ccc(F)cc1/C(=C/CC(=O)O)CC. The van der Waals surface area contributed by atoms with Crippen LogP contribution in [0.15, 0.2) is 24.3 Å². The van der Waals surface area contributed by atoms with E-state index in [1.54, 1.807) is 12.1 Å². The highest BCUT2D eigenvalue weighted by Gasteiger charge is 2.09. The molecule has 1 aromatic carbocycles. The van der Waals surface area contributed by atoms with Crippen molar-refractivity contribution in [1.82, 2.24) is 0 Å². The molecule has 1 aromatic rings. The summed E-state index contributed by atoms with van der Waals surface area (Å²) in [6.45, 7) is 4.22. The van der Waals surface area contributed by atoms with Crippen molar-refractivity contribution in [3.63, 3.8) is 0 Å². The molecule has 0 aromatic heterocycles. The Bertz CT molecular complexity index is 452. The number of rotatable bonds is 6. The van der Waals surface area contributed by atoms with E-state index in [0.29, 0.717) is 24.3 Å². The number of allylic oxidation sites excluding steroid dienone is 1. The quantitative estimate of drug-likeness (QED) is 0.843. The van der Waals surface area contributed by atoms with Crippen molar-refractivity contribution in [2.45, 2.75) is 26.7 Å². The van der Waals surface area contributed by atoms with Crippen LogP contribution in [-0.2, 0) is 4.79 Å². The zero-order valence-corrected chi connectivity index (χ0v) is 10.6. The maximum Gasteiger partial charge on any atom is 0.307 e. The zero-order chi connectivity index (χ0) is 13.5. The monoisotopic (exact) mass is 252 g/mol. The van der Waals surface area contributed by atoms with E-state index in [9.17, 15) is 9.18 Å². The third kappa shape index (κ3) is 3.87. The zero-order valence-electron chi connectivity index (χ0n) is 10.6. The van der Waals surface area contributed by atoms with Gasteiger partial charge < -0.3 is 9.84 Å². The van der Waals surface area contributed by atoms with Gasteiger partial charge in [-0.05, 0) is 37.1 Å². The van der Waals surface area contributed by atoms with E-state index in [0.717, 1.165) is 5.57 Å². The average molecular weight is 252 g/mol. The lowest BCUT2D eigenvalue weighted by Gasteiger charge is -2.12. The lowest BCUT2D eigenvalue weighted by atomic mass is 10.0. The minimum atomic E-state index is -0.907. The second-order valence-electron chi connectivity index (χ2n) is 3.75. The molecule has 0 spiro atoms. The van der Waals surface area contributed by atoms with Crippen molar-refractivity contribution < 1.29 is 19.0 Å². The summed E-state index contributed by atoms with van der Waals surface area (Å²) >= 11 is 0. The predicted molar refractivity (Wildman–Crippen MR) is 68.1 cm³/mol. The van der Waals surface area contributed by atoms with Crippen LogP contribution in [0.2, 0.25) is 0 Å². The highest BCUT2D eigenvalue weighted by atomic mass is 19.1. The molecule has 0 atom stereocenters. The number of hydrogen-bond acceptors (Lipinski definition) is 2. The van der Waals surface area contributed by atoms with Crippen LogP contribution in [0.1, 0.15) is 32.3 Å². The van der Waals surface area contributed by atoms with E-state index in [2.05, 4.69) is 0 Å². The van der Waals surface area contributed by atoms with Gasteiger partial charge >= 0.3 is 5.97 Å². The van der Waals surface area contributed by atoms with Gasteiger partial charge in [-0.15, -0.1) is 0 Å². The van der Waals surface area contributed by atoms with Crippen molar-refractivity contribution in [2.24, 2.45) is 0 Å². The maximum absolute atomic E-state index is 13.3. The van der Waals surface area contributed by atoms with Gasteiger partial charge in [0.05, 0.1) is 13.0 Å². The van der Waals surface area contributed by atoms with Gasteiger partial charge in [-0.25, -0.2) is 4.39 Å². The molecule has 0 bridgehead atoms. The van der Waals surface area contributed by atoms with Crippen LogP contribution in [-0.4, -0.2) is 17.7 Å². The normalized spacial score (nSPS) is 11.4. The molecule has 0 aliphatic rings. The first-order valence-electron chi connectivity index (χ1n) is 5.92. The average Bonchev–Trinajstić information content (AvgIpc) is 2.33. The Morgan fingerprint density at radius 2 is 2.17 bits per heavy atom. The number of carboxylic acids is 1. The highest BCUT2D eigenvalue weighted by Crippen LogP contribution is 2.29. The molecule has 0 saturated heterocycles. The minimum absolute atomic E-state index is 0.0781. The summed E-state index contributed by atoms with van der Waals surface area (Å²) in [6.07, 6.45) is 2.14. The number of halogens is 1. The Kier molecular flexibility index (Phi) is 5.36. The molecular weight excluding hydrogens is 235 g/mol. The van der Waals surface area contributed by atoms with Crippen LogP contribution in [0, 0.1) is 5.82 Å². The predicted octanol–water partition coefficient (Wildman–Crippen LogP) is 3.49. The van der Waals surface area contributed by atoms with E-state index >= 15 is 0 Å². The van der Waals surface area contributed by atoms with Gasteiger partial charge in [0.1, 0.15) is 11.6 Å². The van der Waals surface area contributed by atoms with E-state index in [-0.39, 0.29) is 12.2 Å². The van der Waals surface area contributed by atoms with Crippen LogP contribution in [0.25, 0.3) is 5.57 Å². The molecule has 0 amide bonds. The summed E-state index contributed by atoms with van der Waals surface area (Å²) in [5, 5.41) is 8.68. The Hall–Kier alpha value is -1.84. The summed E-state index contributed by atoms with van der Waals surface area (Å²) in [7, 11) is 0. The first kappa shape index (κ1) is 14.2. The molecule has 0 saturated carbocycles. The second kappa shape index (κ2) is 6.79. The van der Waals surface area contributed by atoms with Crippen molar-refractivity contribution in [3.8, 4) is 5.75 Å². The van der Waals surface area contributed by atoms with Gasteiger partial charge in [0.15, 0.2) is 0 Å². The molecule has 18 heavy (non-hydrogen) atoms. The van der Waals surface area contributed by atoms with E-state index in [1.165, 1.54) is 12.1 Å². The summed E-state index contributed by atoms with van der Waals surface area (Å²) < 4.78 is 18.7. The van der Waals surface area contributed by atoms with Crippen molar-refractivity contribution in [1.29, 1.82) is 0 Å². The first-order valence-corrected chi connectivity index (χ1v) is 5.92. The molecule has 0 fully saturated rings. The highest BCUT2D eigenvalue weighted by molar-refractivity contribution is 5.76. The summed E-state index contributed by atoms with van der Waals surface area (Å²) in [5.41, 5.74) is 1.40. The third-order valence-corrected chi connectivity index (χ3v) is 2.49. The Morgan fingerprint density at radius 3 is 2.72 bits per heavy atom. The first-order chi connectivity index (χ1) is 8.58. The maximum atomic E-state index is 13.3. The molecule has 0 radical (unpaired) electrons. The number of carbonyl (C=O) groups is 1. The largest absolute Gasteiger partial charge is 0.493 e. The van der Waals surface area contributed by atoms with Gasteiger partial charge in [0.25, 0.3) is 0 Å². The molecule has 1 rings (SSSR count). The molecular formula is C14H17FO3. The van der Waals surface area contributed by atoms with E-state index in [4.69, 9.17) is 9.84 Å². The molecule has 0 heterocycles. The molecule has 3 nitrogen and oxygen atoms in total. The van der Waals surface area contributed by atoms with Crippen LogP contribution in [0.3, 0.4) is 0 Å². The number of ether oxygens (including phenoxy) is 1. The summed E-state index contributed by atoms with van der Waals surface area (Å²) in [5.74, 6) is -0.684. The molecule has 1 N–H and O–H groups in total. The second-order valence-corrected chi connectivity index (χ2v) is 3.75. The number of hydrogen-bond donors (Lipinski definition) is 1. The third-order valence-electron chi connectivity index (χ3n) is 2.49. The van der Waals surface area contributed by atoms with Crippen LogP contribution in [0.4, 0.5) is 4.39 Å². The van der Waals surface area contributed by atoms with Gasteiger partial charge in [-0.1, -0.05) is 13.0 Å². The number of benzene rings is 1. The Balaban J connectivity index is 3.13. The van der Waals surface area contributed by atoms with Crippen molar-refractivity contribution in [3.05, 3.63) is 35.7 Å². The Morgan fingerprint density at radius 1 is 1.44 bits per heavy atom. The molecule has 0 aliphatic carbocycles. The fraction of sp³-hybridized carbons (Fsp3) is 0.357. The van der Waals surface area contributed by atoms with Gasteiger partial charge in [0, 0.05) is 5.56 Å². The molecule has 98 valence electrons. The minimum Gasteiger partial charge on any atom is -0.493 e. The van der Waals surface area contributed by atoms with Gasteiger partial charge in [-0.3, -0.25) is 4.79 Å². The fourth-order valence-corrected chi connectivity index (χ4v) is 1.69. The fourth-order valence-electron chi connectivity index (χ4n) is 1.69. The van der Waals surface area contributed by atoms with Gasteiger partial charge in [0.2, 0.25) is 0 Å². The van der Waals surface area contributed by atoms with E-state index < -0.39 is 5.97 Å². The lowest BCUT2D eigenvalue weighted by molar-refractivity contribution is -0.135. The van der Waals surface area contributed by atoms with Crippen molar-refractivity contribution in [2.75, 3.05) is 6.61 Å². The molecule has 0 aliphatic heterocycles. The van der Waals surface area contributed by atoms with Gasteiger partial charge in [-0.2, -0.15) is 0 Å². The Labute approximate surface area is 106 Å². The summed E-state index contributed by atoms with van der Waals surface area (Å²) in [4.78, 5) is 10.6. The number of carboxylic acid groups (broad SMARTS) is 1. The van der Waals surface area contributed by atoms with Crippen LogP contribution >= 0.6 is 0 Å². The standard InChI is InChI=1S/C14H17FO3/c1-3-10(5-8-14(16)17)12-9-11(15)6-7-13(12)18-4-2/h5-7,9H,3-4,8H2,1-2H3,(H,16,17)/b10-5+. The van der Waals surface area contributed by atoms with Crippen LogP contribution < -0.4 is 4.74 Å². The van der Waals surface area contributed by atoms with E-state index in [1.807, 2.05) is 13.8 Å². The van der Waals surface area contributed by atoms with Crippen LogP contribution in [0.5, 0.6) is 5.75 Å². The molecule has 0 unspecified atom stereocenters. The lowest BCUT2D eigenvalue weighted by Crippen LogP contribution is -1.98. The topological polar surface area (TPSA) is 46.5 Å². The summed E-state index contributed by atoms with van der Waals surface area (Å²) in [6, 6.07) is 4.28. The number of aliphatic carboxylic acids is 1. The molecule has 4 heteroatoms. The van der Waals surface area contributed by atoms with Crippen molar-refractivity contribution >= 4 is 11.5 Å².